The summed E-state index contributed by atoms with van der Waals surface area (Å²) in [6.07, 6.45) is 1.98. The molecule has 0 aliphatic rings. The monoisotopic (exact) mass is 448 g/mol. The average molecular weight is 449 g/mol. The first kappa shape index (κ1) is 24.3. The third kappa shape index (κ3) is 7.69. The van der Waals surface area contributed by atoms with Gasteiger partial charge in [0.2, 0.25) is 15.9 Å². The first-order valence-corrected chi connectivity index (χ1v) is 13.2. The van der Waals surface area contributed by atoms with Gasteiger partial charge in [0, 0.05) is 12.3 Å². The number of nitrogens with one attached hydrogen (secondary N) is 1. The lowest BCUT2D eigenvalue weighted by molar-refractivity contribution is -0.119. The molecule has 5 nitrogen and oxygen atoms in total. The van der Waals surface area contributed by atoms with Crippen molar-refractivity contribution in [1.82, 2.24) is 5.32 Å². The van der Waals surface area contributed by atoms with E-state index in [2.05, 4.69) is 36.5 Å². The van der Waals surface area contributed by atoms with Gasteiger partial charge in [0.25, 0.3) is 0 Å². The summed E-state index contributed by atoms with van der Waals surface area (Å²) < 4.78 is 25.9. The van der Waals surface area contributed by atoms with Crippen molar-refractivity contribution >= 4 is 33.4 Å². The fraction of sp³-hybridized carbons (Fsp3) is 0.435. The Morgan fingerprint density at radius 3 is 2.53 bits per heavy atom. The normalized spacial score (nSPS) is 11.5. The van der Waals surface area contributed by atoms with E-state index in [0.29, 0.717) is 12.2 Å². The molecule has 0 heterocycles. The molecule has 0 aliphatic carbocycles. The standard InChI is InChI=1S/C23H32N2O3S2/c1-18(2)21-11-5-6-12-22(21)25(30(4,27)28)16-23(26)24-13-8-14-29-17-20-10-7-9-19(3)15-20/h5-7,9-12,15,18H,8,13-14,16-17H2,1-4H3,(H,24,26). The van der Waals surface area contributed by atoms with Crippen LogP contribution in [0.3, 0.4) is 0 Å². The molecular formula is C23H32N2O3S2. The molecule has 1 amide bonds. The Kier molecular flexibility index (Phi) is 9.24. The van der Waals surface area contributed by atoms with E-state index < -0.39 is 10.0 Å². The Bertz CT molecular complexity index is 943. The number of aryl methyl sites for hydroxylation is 1. The second kappa shape index (κ2) is 11.4. The summed E-state index contributed by atoms with van der Waals surface area (Å²) in [6.45, 7) is 6.42. The first-order chi connectivity index (χ1) is 14.2. The molecule has 30 heavy (non-hydrogen) atoms. The van der Waals surface area contributed by atoms with Crippen molar-refractivity contribution < 1.29 is 13.2 Å². The molecular weight excluding hydrogens is 416 g/mol. The quantitative estimate of drug-likeness (QED) is 0.520. The third-order valence-corrected chi connectivity index (χ3v) is 6.90. The molecule has 0 bridgehead atoms. The van der Waals surface area contributed by atoms with Crippen molar-refractivity contribution in [2.24, 2.45) is 0 Å². The molecule has 2 aromatic rings. The molecule has 0 spiro atoms. The minimum atomic E-state index is -3.57. The van der Waals surface area contributed by atoms with Crippen LogP contribution in [-0.4, -0.2) is 39.4 Å². The Hall–Kier alpha value is -1.99. The summed E-state index contributed by atoms with van der Waals surface area (Å²) in [5.74, 6) is 1.74. The Balaban J connectivity index is 1.84. The summed E-state index contributed by atoms with van der Waals surface area (Å²) in [7, 11) is -3.57. The lowest BCUT2D eigenvalue weighted by atomic mass is 10.0. The number of amides is 1. The maximum atomic E-state index is 12.4. The van der Waals surface area contributed by atoms with Crippen LogP contribution in [0.4, 0.5) is 5.69 Å². The van der Waals surface area contributed by atoms with E-state index in [1.165, 1.54) is 15.4 Å². The average Bonchev–Trinajstić information content (AvgIpc) is 2.68. The molecule has 7 heteroatoms. The van der Waals surface area contributed by atoms with E-state index in [0.717, 1.165) is 29.7 Å². The van der Waals surface area contributed by atoms with Crippen LogP contribution < -0.4 is 9.62 Å². The number of para-hydroxylation sites is 1. The third-order valence-electron chi connectivity index (χ3n) is 4.65. The second-order valence-electron chi connectivity index (χ2n) is 7.73. The maximum Gasteiger partial charge on any atom is 0.240 e. The molecule has 0 unspecified atom stereocenters. The van der Waals surface area contributed by atoms with Gasteiger partial charge in [0.15, 0.2) is 0 Å². The van der Waals surface area contributed by atoms with E-state index in [-0.39, 0.29) is 18.4 Å². The molecule has 164 valence electrons. The van der Waals surface area contributed by atoms with Gasteiger partial charge in [0.05, 0.1) is 11.9 Å². The zero-order valence-corrected chi connectivity index (χ0v) is 19.9. The van der Waals surface area contributed by atoms with Gasteiger partial charge >= 0.3 is 0 Å². The van der Waals surface area contributed by atoms with Gasteiger partial charge in [-0.3, -0.25) is 9.10 Å². The molecule has 0 aliphatic heterocycles. The molecule has 0 aromatic heterocycles. The number of rotatable bonds is 11. The lowest BCUT2D eigenvalue weighted by Crippen LogP contribution is -2.41. The van der Waals surface area contributed by atoms with E-state index in [1.54, 1.807) is 12.1 Å². The molecule has 0 fully saturated rings. The number of anilines is 1. The Morgan fingerprint density at radius 1 is 1.13 bits per heavy atom. The van der Waals surface area contributed by atoms with Crippen molar-refractivity contribution in [2.45, 2.75) is 38.9 Å². The summed E-state index contributed by atoms with van der Waals surface area (Å²) in [6, 6.07) is 15.8. The number of carbonyl (C=O) groups excluding carboxylic acids is 1. The van der Waals surface area contributed by atoms with E-state index in [9.17, 15) is 13.2 Å². The lowest BCUT2D eigenvalue weighted by Gasteiger charge is -2.25. The number of hydrogen-bond acceptors (Lipinski definition) is 4. The highest BCUT2D eigenvalue weighted by atomic mass is 32.2. The molecule has 0 radical (unpaired) electrons. The van der Waals surface area contributed by atoms with Gasteiger partial charge in [-0.05, 0) is 42.2 Å². The Labute approximate surface area is 185 Å². The van der Waals surface area contributed by atoms with Crippen LogP contribution >= 0.6 is 11.8 Å². The molecule has 1 N–H and O–H groups in total. The summed E-state index contributed by atoms with van der Waals surface area (Å²) in [5, 5.41) is 2.85. The Morgan fingerprint density at radius 2 is 1.87 bits per heavy atom. The summed E-state index contributed by atoms with van der Waals surface area (Å²) in [4.78, 5) is 12.4. The highest BCUT2D eigenvalue weighted by Crippen LogP contribution is 2.28. The number of nitrogens with zero attached hydrogens (tertiary/aromatic N) is 1. The second-order valence-corrected chi connectivity index (χ2v) is 10.7. The molecule has 2 aromatic carbocycles. The van der Waals surface area contributed by atoms with Crippen molar-refractivity contribution in [3.63, 3.8) is 0 Å². The fourth-order valence-electron chi connectivity index (χ4n) is 3.16. The van der Waals surface area contributed by atoms with Gasteiger partial charge in [-0.15, -0.1) is 0 Å². The van der Waals surface area contributed by atoms with E-state index in [4.69, 9.17) is 0 Å². The van der Waals surface area contributed by atoms with Crippen molar-refractivity contribution in [3.05, 3.63) is 65.2 Å². The highest BCUT2D eigenvalue weighted by molar-refractivity contribution is 7.98. The number of carbonyl (C=O) groups is 1. The first-order valence-electron chi connectivity index (χ1n) is 10.1. The zero-order valence-electron chi connectivity index (χ0n) is 18.2. The van der Waals surface area contributed by atoms with Crippen molar-refractivity contribution in [1.29, 1.82) is 0 Å². The predicted molar refractivity (Wildman–Crippen MR) is 128 cm³/mol. The minimum absolute atomic E-state index is 0.152. The zero-order chi connectivity index (χ0) is 22.1. The van der Waals surface area contributed by atoms with Crippen LogP contribution in [-0.2, 0) is 20.6 Å². The van der Waals surface area contributed by atoms with Crippen LogP contribution in [0, 0.1) is 6.92 Å². The van der Waals surface area contributed by atoms with Crippen LogP contribution in [0.1, 0.15) is 42.9 Å². The van der Waals surface area contributed by atoms with Crippen LogP contribution in [0.25, 0.3) is 0 Å². The topological polar surface area (TPSA) is 66.5 Å². The maximum absolute atomic E-state index is 12.4. The predicted octanol–water partition coefficient (Wildman–Crippen LogP) is 4.32. The molecule has 0 saturated carbocycles. The van der Waals surface area contributed by atoms with Crippen LogP contribution in [0.5, 0.6) is 0 Å². The highest BCUT2D eigenvalue weighted by Gasteiger charge is 2.23. The molecule has 0 saturated heterocycles. The molecule has 2 rings (SSSR count). The number of hydrogen-bond donors (Lipinski definition) is 1. The van der Waals surface area contributed by atoms with E-state index in [1.807, 2.05) is 37.7 Å². The smallest absolute Gasteiger partial charge is 0.240 e. The number of thioether (sulfide) groups is 1. The fourth-order valence-corrected chi connectivity index (χ4v) is 4.95. The number of sulfonamides is 1. The summed E-state index contributed by atoms with van der Waals surface area (Å²) >= 11 is 1.83. The van der Waals surface area contributed by atoms with Gasteiger partial charge < -0.3 is 5.32 Å². The number of benzene rings is 2. The van der Waals surface area contributed by atoms with Gasteiger partial charge in [-0.1, -0.05) is 61.9 Å². The van der Waals surface area contributed by atoms with Crippen molar-refractivity contribution in [2.75, 3.05) is 29.4 Å². The summed E-state index contributed by atoms with van der Waals surface area (Å²) in [5.41, 5.74) is 4.04. The molecule has 0 atom stereocenters. The largest absolute Gasteiger partial charge is 0.354 e. The van der Waals surface area contributed by atoms with Crippen LogP contribution in [0.15, 0.2) is 48.5 Å². The van der Waals surface area contributed by atoms with Gasteiger partial charge in [-0.2, -0.15) is 11.8 Å². The van der Waals surface area contributed by atoms with E-state index >= 15 is 0 Å². The van der Waals surface area contributed by atoms with Gasteiger partial charge in [0.1, 0.15) is 6.54 Å². The van der Waals surface area contributed by atoms with Gasteiger partial charge in [-0.25, -0.2) is 8.42 Å². The van der Waals surface area contributed by atoms with Crippen LogP contribution in [0.2, 0.25) is 0 Å². The SMILES string of the molecule is Cc1cccc(CSCCCNC(=O)CN(c2ccccc2C(C)C)S(C)(=O)=O)c1. The van der Waals surface area contributed by atoms with Crippen molar-refractivity contribution in [3.8, 4) is 0 Å². The minimum Gasteiger partial charge on any atom is -0.354 e.